The van der Waals surface area contributed by atoms with Gasteiger partial charge in [-0.05, 0) is 68.8 Å². The van der Waals surface area contributed by atoms with Crippen molar-refractivity contribution in [2.45, 2.75) is 69.9 Å². The molecule has 10 nitrogen and oxygen atoms in total. The van der Waals surface area contributed by atoms with Gasteiger partial charge in [0.1, 0.15) is 11.4 Å². The number of hydrogen-bond donors (Lipinski definition) is 5. The summed E-state index contributed by atoms with van der Waals surface area (Å²) in [5, 5.41) is 18.1. The maximum Gasteiger partial charge on any atom is 0.352 e. The SMILES string of the molecule is NCCCc1c(C(=O)O)[nH]c2ccc(C(=O)Nc3nc(C(=O)NC4CCN(C5CCCCC5)CC4)cs3)cc12. The Hall–Kier alpha value is -3.28. The number of aromatic amines is 1. The molecule has 0 bridgehead atoms. The first-order chi connectivity index (χ1) is 18.9. The second kappa shape index (κ2) is 12.3. The number of carboxylic acids is 1. The van der Waals surface area contributed by atoms with Crippen LogP contribution >= 0.6 is 11.3 Å². The van der Waals surface area contributed by atoms with Crippen molar-refractivity contribution in [1.29, 1.82) is 0 Å². The quantitative estimate of drug-likeness (QED) is 0.269. The first-order valence-electron chi connectivity index (χ1n) is 13.8. The molecule has 2 amide bonds. The van der Waals surface area contributed by atoms with E-state index >= 15 is 0 Å². The van der Waals surface area contributed by atoms with E-state index in [1.807, 2.05) is 0 Å². The molecule has 1 aliphatic carbocycles. The van der Waals surface area contributed by atoms with Gasteiger partial charge in [-0.3, -0.25) is 14.9 Å². The molecular formula is C28H36N6O4S. The molecule has 39 heavy (non-hydrogen) atoms. The molecule has 0 radical (unpaired) electrons. The molecule has 208 valence electrons. The highest BCUT2D eigenvalue weighted by Gasteiger charge is 2.27. The summed E-state index contributed by atoms with van der Waals surface area (Å²) in [7, 11) is 0. The maximum atomic E-state index is 13.0. The number of carbonyl (C=O) groups is 3. The average Bonchev–Trinajstić information content (AvgIpc) is 3.57. The molecule has 1 aliphatic heterocycles. The molecule has 5 rings (SSSR count). The number of amides is 2. The van der Waals surface area contributed by atoms with Gasteiger partial charge in [-0.2, -0.15) is 0 Å². The summed E-state index contributed by atoms with van der Waals surface area (Å²) >= 11 is 1.20. The monoisotopic (exact) mass is 552 g/mol. The Morgan fingerprint density at radius 1 is 1.10 bits per heavy atom. The number of benzene rings is 1. The second-order valence-corrected chi connectivity index (χ2v) is 11.4. The number of rotatable bonds is 9. The Bertz CT molecular complexity index is 1340. The summed E-state index contributed by atoms with van der Waals surface area (Å²) in [6, 6.07) is 5.85. The van der Waals surface area contributed by atoms with Crippen LogP contribution in [0.3, 0.4) is 0 Å². The highest BCUT2D eigenvalue weighted by Crippen LogP contribution is 2.27. The van der Waals surface area contributed by atoms with Gasteiger partial charge in [0.15, 0.2) is 5.13 Å². The second-order valence-electron chi connectivity index (χ2n) is 10.5. The van der Waals surface area contributed by atoms with E-state index in [2.05, 4.69) is 25.5 Å². The molecule has 6 N–H and O–H groups in total. The Morgan fingerprint density at radius 2 is 1.87 bits per heavy atom. The van der Waals surface area contributed by atoms with Gasteiger partial charge in [-0.25, -0.2) is 9.78 Å². The zero-order valence-corrected chi connectivity index (χ0v) is 22.8. The van der Waals surface area contributed by atoms with Gasteiger partial charge in [0.25, 0.3) is 11.8 Å². The van der Waals surface area contributed by atoms with Crippen molar-refractivity contribution in [3.8, 4) is 0 Å². The number of nitrogens with two attached hydrogens (primary N) is 1. The third kappa shape index (κ3) is 6.32. The number of anilines is 1. The molecular weight excluding hydrogens is 516 g/mol. The lowest BCUT2D eigenvalue weighted by molar-refractivity contribution is 0.0689. The van der Waals surface area contributed by atoms with Crippen LogP contribution in [0.5, 0.6) is 0 Å². The van der Waals surface area contributed by atoms with Crippen molar-refractivity contribution >= 4 is 45.2 Å². The van der Waals surface area contributed by atoms with E-state index in [0.717, 1.165) is 25.9 Å². The minimum absolute atomic E-state index is 0.117. The first kappa shape index (κ1) is 27.3. The van der Waals surface area contributed by atoms with Crippen molar-refractivity contribution in [2.75, 3.05) is 25.0 Å². The lowest BCUT2D eigenvalue weighted by atomic mass is 9.92. The van der Waals surface area contributed by atoms with E-state index < -0.39 is 5.97 Å². The molecule has 1 aromatic carbocycles. The Labute approximate surface area is 231 Å². The lowest BCUT2D eigenvalue weighted by Crippen LogP contribution is -2.48. The minimum Gasteiger partial charge on any atom is -0.477 e. The Morgan fingerprint density at radius 3 is 2.59 bits per heavy atom. The topological polar surface area (TPSA) is 153 Å². The Kier molecular flexibility index (Phi) is 8.59. The number of carboxylic acid groups (broad SMARTS) is 1. The standard InChI is InChI=1S/C28H36N6O4S/c29-12-4-7-20-21-15-17(8-9-22(21)31-24(20)27(37)38)25(35)33-28-32-23(16-39-28)26(36)30-18-10-13-34(14-11-18)19-5-2-1-3-6-19/h8-9,15-16,18-19,31H,1-7,10-14,29H2,(H,30,36)(H,37,38)(H,32,33,35). The summed E-state index contributed by atoms with van der Waals surface area (Å²) in [6.45, 7) is 2.47. The predicted molar refractivity (Wildman–Crippen MR) is 152 cm³/mol. The molecule has 3 heterocycles. The average molecular weight is 553 g/mol. The molecule has 11 heteroatoms. The van der Waals surface area contributed by atoms with Crippen LogP contribution in [0.4, 0.5) is 5.13 Å². The van der Waals surface area contributed by atoms with Gasteiger partial charge in [-0.1, -0.05) is 19.3 Å². The van der Waals surface area contributed by atoms with Gasteiger partial charge in [-0.15, -0.1) is 11.3 Å². The van der Waals surface area contributed by atoms with Crippen molar-refractivity contribution in [3.05, 3.63) is 46.1 Å². The van der Waals surface area contributed by atoms with Gasteiger partial charge in [0.2, 0.25) is 0 Å². The summed E-state index contributed by atoms with van der Waals surface area (Å²) in [5.41, 5.74) is 7.70. The molecule has 1 saturated heterocycles. The Balaban J connectivity index is 1.19. The number of hydrogen-bond acceptors (Lipinski definition) is 7. The highest BCUT2D eigenvalue weighted by molar-refractivity contribution is 7.14. The normalized spacial score (nSPS) is 17.4. The van der Waals surface area contributed by atoms with E-state index in [4.69, 9.17) is 5.73 Å². The number of aromatic carboxylic acids is 1. The number of carbonyl (C=O) groups excluding carboxylic acids is 2. The molecule has 0 unspecified atom stereocenters. The van der Waals surface area contributed by atoms with Crippen LogP contribution in [0.2, 0.25) is 0 Å². The number of likely N-dealkylation sites (tertiary alicyclic amines) is 1. The summed E-state index contributed by atoms with van der Waals surface area (Å²) in [6.07, 6.45) is 9.60. The minimum atomic E-state index is -1.05. The van der Waals surface area contributed by atoms with Crippen LogP contribution in [0.15, 0.2) is 23.6 Å². The van der Waals surface area contributed by atoms with Crippen LogP contribution < -0.4 is 16.4 Å². The number of aromatic nitrogens is 2. The molecule has 0 atom stereocenters. The van der Waals surface area contributed by atoms with E-state index in [0.29, 0.717) is 58.3 Å². The fourth-order valence-corrected chi connectivity index (χ4v) is 6.51. The van der Waals surface area contributed by atoms with E-state index in [9.17, 15) is 19.5 Å². The van der Waals surface area contributed by atoms with Crippen molar-refractivity contribution in [2.24, 2.45) is 5.73 Å². The predicted octanol–water partition coefficient (Wildman–Crippen LogP) is 3.99. The first-order valence-corrected chi connectivity index (χ1v) is 14.7. The van der Waals surface area contributed by atoms with Gasteiger partial charge in [0.05, 0.1) is 0 Å². The van der Waals surface area contributed by atoms with E-state index in [1.165, 1.54) is 43.4 Å². The summed E-state index contributed by atoms with van der Waals surface area (Å²) in [4.78, 5) is 47.4. The van der Waals surface area contributed by atoms with Crippen LogP contribution in [-0.4, -0.2) is 69.5 Å². The zero-order valence-electron chi connectivity index (χ0n) is 22.0. The largest absolute Gasteiger partial charge is 0.477 e. The number of H-pyrrole nitrogens is 1. The van der Waals surface area contributed by atoms with Crippen LogP contribution in [0, 0.1) is 0 Å². The molecule has 2 fully saturated rings. The van der Waals surface area contributed by atoms with Crippen molar-refractivity contribution in [3.63, 3.8) is 0 Å². The zero-order chi connectivity index (χ0) is 27.4. The molecule has 3 aromatic rings. The number of piperidine rings is 1. The van der Waals surface area contributed by atoms with E-state index in [1.54, 1.807) is 23.6 Å². The molecule has 2 aromatic heterocycles. The van der Waals surface area contributed by atoms with Crippen LogP contribution in [-0.2, 0) is 6.42 Å². The fraction of sp³-hybridized carbons (Fsp3) is 0.500. The molecule has 1 saturated carbocycles. The third-order valence-corrected chi connectivity index (χ3v) is 8.68. The van der Waals surface area contributed by atoms with E-state index in [-0.39, 0.29) is 23.6 Å². The maximum absolute atomic E-state index is 13.0. The molecule has 2 aliphatic rings. The number of nitrogens with one attached hydrogen (secondary N) is 3. The van der Waals surface area contributed by atoms with Crippen molar-refractivity contribution < 1.29 is 19.5 Å². The number of aryl methyl sites for hydroxylation is 1. The van der Waals surface area contributed by atoms with Gasteiger partial charge in [0, 0.05) is 47.0 Å². The highest BCUT2D eigenvalue weighted by atomic mass is 32.1. The number of nitrogens with zero attached hydrogens (tertiary/aromatic N) is 2. The summed E-state index contributed by atoms with van der Waals surface area (Å²) in [5.74, 6) is -1.65. The van der Waals surface area contributed by atoms with Gasteiger partial charge < -0.3 is 26.0 Å². The smallest absolute Gasteiger partial charge is 0.352 e. The van der Waals surface area contributed by atoms with Crippen molar-refractivity contribution in [1.82, 2.24) is 20.2 Å². The van der Waals surface area contributed by atoms with Crippen LogP contribution in [0.1, 0.15) is 88.3 Å². The number of thiazole rings is 1. The lowest BCUT2D eigenvalue weighted by Gasteiger charge is -2.39. The van der Waals surface area contributed by atoms with Crippen LogP contribution in [0.25, 0.3) is 10.9 Å². The summed E-state index contributed by atoms with van der Waals surface area (Å²) < 4.78 is 0. The fourth-order valence-electron chi connectivity index (χ4n) is 5.83. The third-order valence-electron chi connectivity index (χ3n) is 7.93. The van der Waals surface area contributed by atoms with Gasteiger partial charge >= 0.3 is 5.97 Å². The molecule has 0 spiro atoms. The number of fused-ring (bicyclic) bond motifs is 1.